The van der Waals surface area contributed by atoms with Gasteiger partial charge in [-0.3, -0.25) is 9.36 Å². The minimum Gasteiger partial charge on any atom is -0.351 e. The lowest BCUT2D eigenvalue weighted by Gasteiger charge is -2.13. The van der Waals surface area contributed by atoms with Crippen molar-refractivity contribution in [3.8, 4) is 5.69 Å². The van der Waals surface area contributed by atoms with Crippen LogP contribution < -0.4 is 5.32 Å². The predicted molar refractivity (Wildman–Crippen MR) is 106 cm³/mol. The molecule has 1 N–H and O–H groups in total. The molecule has 5 heteroatoms. The summed E-state index contributed by atoms with van der Waals surface area (Å²) in [4.78, 5) is 21.2. The number of benzene rings is 2. The molecule has 0 spiro atoms. The highest BCUT2D eigenvalue weighted by Crippen LogP contribution is 2.17. The van der Waals surface area contributed by atoms with Crippen LogP contribution in [0.1, 0.15) is 28.8 Å². The highest BCUT2D eigenvalue weighted by molar-refractivity contribution is 5.94. The molecule has 0 saturated heterocycles. The third kappa shape index (κ3) is 3.58. The minimum atomic E-state index is -0.0713. The zero-order valence-corrected chi connectivity index (χ0v) is 15.0. The summed E-state index contributed by atoms with van der Waals surface area (Å²) in [7, 11) is 0. The molecule has 0 radical (unpaired) electrons. The normalized spacial score (nSPS) is 12.0. The number of hydrogen-bond donors (Lipinski definition) is 1. The van der Waals surface area contributed by atoms with Crippen molar-refractivity contribution < 1.29 is 4.79 Å². The lowest BCUT2D eigenvalue weighted by Crippen LogP contribution is -2.27. The van der Waals surface area contributed by atoms with Crippen molar-refractivity contribution in [3.05, 3.63) is 90.4 Å². The molecular weight excluding hydrogens is 336 g/mol. The maximum Gasteiger partial charge on any atom is 0.251 e. The van der Waals surface area contributed by atoms with Crippen LogP contribution in [0.2, 0.25) is 0 Å². The number of nitrogens with one attached hydrogen (secondary N) is 1. The van der Waals surface area contributed by atoms with Crippen molar-refractivity contribution in [3.63, 3.8) is 0 Å². The number of rotatable bonds is 5. The van der Waals surface area contributed by atoms with Gasteiger partial charge in [-0.1, -0.05) is 37.3 Å². The van der Waals surface area contributed by atoms with Crippen LogP contribution in [0.5, 0.6) is 0 Å². The van der Waals surface area contributed by atoms with Gasteiger partial charge in [0, 0.05) is 24.0 Å². The maximum absolute atomic E-state index is 12.4. The number of carbonyl (C=O) groups is 1. The van der Waals surface area contributed by atoms with Crippen molar-refractivity contribution in [2.45, 2.75) is 12.8 Å². The van der Waals surface area contributed by atoms with Gasteiger partial charge in [0.25, 0.3) is 5.91 Å². The molecule has 134 valence electrons. The first-order valence-corrected chi connectivity index (χ1v) is 8.94. The van der Waals surface area contributed by atoms with Gasteiger partial charge in [0.1, 0.15) is 11.8 Å². The first kappa shape index (κ1) is 17.0. The molecule has 27 heavy (non-hydrogen) atoms. The Hall–Kier alpha value is -3.47. The number of aromatic nitrogens is 3. The number of pyridine rings is 1. The fourth-order valence-electron chi connectivity index (χ4n) is 3.06. The summed E-state index contributed by atoms with van der Waals surface area (Å²) in [6, 6.07) is 21.4. The second-order valence-electron chi connectivity index (χ2n) is 6.53. The van der Waals surface area contributed by atoms with Crippen LogP contribution in [0.4, 0.5) is 0 Å². The maximum atomic E-state index is 12.4. The van der Waals surface area contributed by atoms with Gasteiger partial charge in [-0.25, -0.2) is 9.97 Å². The van der Waals surface area contributed by atoms with Crippen LogP contribution in [0, 0.1) is 0 Å². The Balaban J connectivity index is 1.45. The monoisotopic (exact) mass is 356 g/mol. The van der Waals surface area contributed by atoms with Gasteiger partial charge >= 0.3 is 0 Å². The fourth-order valence-corrected chi connectivity index (χ4v) is 3.06. The minimum absolute atomic E-state index is 0.0713. The fraction of sp³-hybridized carbons (Fsp3) is 0.136. The average molecular weight is 356 g/mol. The summed E-state index contributed by atoms with van der Waals surface area (Å²) >= 11 is 0. The van der Waals surface area contributed by atoms with Crippen LogP contribution in [0.25, 0.3) is 16.9 Å². The van der Waals surface area contributed by atoms with E-state index in [1.165, 1.54) is 5.56 Å². The molecule has 1 amide bonds. The van der Waals surface area contributed by atoms with Gasteiger partial charge < -0.3 is 5.32 Å². The highest BCUT2D eigenvalue weighted by Gasteiger charge is 2.10. The van der Waals surface area contributed by atoms with Gasteiger partial charge in [0.2, 0.25) is 0 Å². The number of fused-ring (bicyclic) bond motifs is 1. The van der Waals surface area contributed by atoms with Crippen molar-refractivity contribution >= 4 is 17.1 Å². The smallest absolute Gasteiger partial charge is 0.251 e. The molecule has 0 saturated carbocycles. The van der Waals surface area contributed by atoms with Crippen molar-refractivity contribution in [2.75, 3.05) is 6.54 Å². The molecule has 2 aromatic carbocycles. The van der Waals surface area contributed by atoms with Gasteiger partial charge in [-0.2, -0.15) is 0 Å². The van der Waals surface area contributed by atoms with Gasteiger partial charge in [0.05, 0.1) is 0 Å². The number of nitrogens with zero attached hydrogens (tertiary/aromatic N) is 3. The Morgan fingerprint density at radius 1 is 1.00 bits per heavy atom. The van der Waals surface area contributed by atoms with Crippen LogP contribution in [-0.2, 0) is 0 Å². The van der Waals surface area contributed by atoms with Crippen molar-refractivity contribution in [1.82, 2.24) is 19.9 Å². The third-order valence-electron chi connectivity index (χ3n) is 4.65. The summed E-state index contributed by atoms with van der Waals surface area (Å²) in [6.45, 7) is 2.70. The number of imidazole rings is 1. The van der Waals surface area contributed by atoms with E-state index < -0.39 is 0 Å². The molecule has 4 aromatic rings. The number of hydrogen-bond acceptors (Lipinski definition) is 3. The molecular formula is C22H20N4O. The summed E-state index contributed by atoms with van der Waals surface area (Å²) in [5.74, 6) is 0.191. The molecule has 2 heterocycles. The van der Waals surface area contributed by atoms with E-state index in [1.807, 2.05) is 59.2 Å². The van der Waals surface area contributed by atoms with E-state index >= 15 is 0 Å². The van der Waals surface area contributed by atoms with Gasteiger partial charge in [-0.15, -0.1) is 0 Å². The van der Waals surface area contributed by atoms with Gasteiger partial charge in [-0.05, 0) is 47.9 Å². The number of carbonyl (C=O) groups excluding carboxylic acids is 1. The van der Waals surface area contributed by atoms with E-state index in [2.05, 4.69) is 34.3 Å². The Labute approximate surface area is 157 Å². The summed E-state index contributed by atoms with van der Waals surface area (Å²) in [6.07, 6.45) is 3.49. The molecule has 0 aliphatic carbocycles. The molecule has 4 rings (SSSR count). The van der Waals surface area contributed by atoms with E-state index in [4.69, 9.17) is 0 Å². The van der Waals surface area contributed by atoms with Crippen LogP contribution in [0.15, 0.2) is 79.3 Å². The first-order valence-electron chi connectivity index (χ1n) is 8.94. The zero-order valence-electron chi connectivity index (χ0n) is 15.0. The van der Waals surface area contributed by atoms with Crippen LogP contribution in [-0.4, -0.2) is 27.0 Å². The number of amides is 1. The van der Waals surface area contributed by atoms with E-state index in [1.54, 1.807) is 12.5 Å². The lowest BCUT2D eigenvalue weighted by atomic mass is 10.0. The Bertz CT molecular complexity index is 1050. The summed E-state index contributed by atoms with van der Waals surface area (Å²) in [5, 5.41) is 3.01. The zero-order chi connectivity index (χ0) is 18.6. The average Bonchev–Trinajstić information content (AvgIpc) is 3.16. The van der Waals surface area contributed by atoms with E-state index in [9.17, 15) is 4.79 Å². The molecule has 0 unspecified atom stereocenters. The molecule has 5 nitrogen and oxygen atoms in total. The van der Waals surface area contributed by atoms with Crippen molar-refractivity contribution in [1.29, 1.82) is 0 Å². The lowest BCUT2D eigenvalue weighted by molar-refractivity contribution is 0.0951. The van der Waals surface area contributed by atoms with E-state index in [0.717, 1.165) is 16.9 Å². The molecule has 0 aliphatic rings. The first-order chi connectivity index (χ1) is 13.2. The quantitative estimate of drug-likeness (QED) is 0.589. The molecule has 2 aromatic heterocycles. The summed E-state index contributed by atoms with van der Waals surface area (Å²) in [5.41, 5.74) is 4.41. The molecule has 1 atom stereocenters. The predicted octanol–water partition coefficient (Wildman–Crippen LogP) is 3.95. The highest BCUT2D eigenvalue weighted by atomic mass is 16.1. The Morgan fingerprint density at radius 2 is 1.78 bits per heavy atom. The molecule has 0 fully saturated rings. The summed E-state index contributed by atoms with van der Waals surface area (Å²) < 4.78 is 1.91. The van der Waals surface area contributed by atoms with E-state index in [0.29, 0.717) is 12.1 Å². The Kier molecular flexibility index (Phi) is 4.66. The van der Waals surface area contributed by atoms with Gasteiger partial charge in [0.15, 0.2) is 5.65 Å². The largest absolute Gasteiger partial charge is 0.351 e. The third-order valence-corrected chi connectivity index (χ3v) is 4.65. The van der Waals surface area contributed by atoms with Crippen LogP contribution in [0.3, 0.4) is 0 Å². The van der Waals surface area contributed by atoms with Crippen LogP contribution >= 0.6 is 0 Å². The standard InChI is InChI=1S/C22H20N4O/c1-16(17-6-3-2-4-7-17)14-24-22(27)18-9-11-19(12-10-18)26-15-25-20-8-5-13-23-21(20)26/h2-13,15-16H,14H2,1H3,(H,24,27)/t16-/m1/s1. The molecule has 0 bridgehead atoms. The Morgan fingerprint density at radius 3 is 2.56 bits per heavy atom. The topological polar surface area (TPSA) is 59.8 Å². The second-order valence-corrected chi connectivity index (χ2v) is 6.53. The van der Waals surface area contributed by atoms with Crippen molar-refractivity contribution in [2.24, 2.45) is 0 Å². The SMILES string of the molecule is C[C@H](CNC(=O)c1ccc(-n2cnc3cccnc32)cc1)c1ccccc1. The molecule has 0 aliphatic heterocycles. The second kappa shape index (κ2) is 7.41. The van der Waals surface area contributed by atoms with E-state index in [-0.39, 0.29) is 11.8 Å².